The van der Waals surface area contributed by atoms with Crippen LogP contribution in [0, 0.1) is 0 Å². The zero-order valence-electron chi connectivity index (χ0n) is 22.2. The molecule has 1 aromatic rings. The number of nitrogens with zero attached hydrogens (tertiary/aromatic N) is 1. The lowest BCUT2D eigenvalue weighted by atomic mass is 9.72. The number of hydrogen-bond donors (Lipinski definition) is 3. The molecular weight excluding hydrogens is 524 g/mol. The van der Waals surface area contributed by atoms with E-state index in [0.717, 1.165) is 38.9 Å². The summed E-state index contributed by atoms with van der Waals surface area (Å²) in [6, 6.07) is 9.03. The third kappa shape index (κ3) is 6.11. The molecule has 1 unspecified atom stereocenters. The van der Waals surface area contributed by atoms with Gasteiger partial charge in [0, 0.05) is 44.3 Å². The molecule has 0 spiro atoms. The number of carbonyl (C=O) groups is 3. The molecule has 9 nitrogen and oxygen atoms in total. The van der Waals surface area contributed by atoms with E-state index >= 15 is 0 Å². The number of piperidine rings is 1. The first-order valence-corrected chi connectivity index (χ1v) is 13.7. The van der Waals surface area contributed by atoms with Crippen LogP contribution in [0.2, 0.25) is 0 Å². The Labute approximate surface area is 233 Å². The van der Waals surface area contributed by atoms with Gasteiger partial charge in [0.2, 0.25) is 6.29 Å². The van der Waals surface area contributed by atoms with Crippen molar-refractivity contribution in [3.05, 3.63) is 64.8 Å². The van der Waals surface area contributed by atoms with Gasteiger partial charge in [-0.3, -0.25) is 4.79 Å². The summed E-state index contributed by atoms with van der Waals surface area (Å²) >= 11 is 6.53. The monoisotopic (exact) mass is 558 g/mol. The van der Waals surface area contributed by atoms with Crippen molar-refractivity contribution in [3.8, 4) is 0 Å². The van der Waals surface area contributed by atoms with E-state index in [1.54, 1.807) is 0 Å². The molecule has 1 amide bonds. The molecule has 1 saturated heterocycles. The Morgan fingerprint density at radius 1 is 1.10 bits per heavy atom. The van der Waals surface area contributed by atoms with E-state index < -0.39 is 18.2 Å². The smallest absolute Gasteiger partial charge is 0.414 e. The SMILES string of the molecule is CCOC(OCC)C(=O)NC1CCN(C[C@]23CC(=C4C=CC(Cl)C=C42)c2ccccc23)CC1.O=C(O)C(=O)O. The van der Waals surface area contributed by atoms with Crippen molar-refractivity contribution in [3.63, 3.8) is 0 Å². The summed E-state index contributed by atoms with van der Waals surface area (Å²) < 4.78 is 10.9. The minimum absolute atomic E-state index is 0.00965. The zero-order chi connectivity index (χ0) is 28.2. The van der Waals surface area contributed by atoms with Gasteiger partial charge in [-0.15, -0.1) is 11.6 Å². The molecule has 3 aliphatic carbocycles. The fraction of sp³-hybridized carbons (Fsp3) is 0.483. The maximum absolute atomic E-state index is 12.6. The highest BCUT2D eigenvalue weighted by atomic mass is 35.5. The molecular formula is C29H35ClN2O7. The lowest BCUT2D eigenvalue weighted by molar-refractivity contribution is -0.171. The van der Waals surface area contributed by atoms with Crippen molar-refractivity contribution in [2.75, 3.05) is 32.8 Å². The number of carbonyl (C=O) groups excluding carboxylic acids is 1. The molecule has 2 bridgehead atoms. The molecule has 10 heteroatoms. The number of alkyl halides is 1. The molecule has 1 fully saturated rings. The fourth-order valence-corrected chi connectivity index (χ4v) is 6.21. The minimum Gasteiger partial charge on any atom is -0.473 e. The molecule has 2 atom stereocenters. The summed E-state index contributed by atoms with van der Waals surface area (Å²) in [5, 5.41) is 17.9. The Kier molecular flexibility index (Phi) is 9.27. The molecule has 4 aliphatic rings. The predicted octanol–water partition coefficient (Wildman–Crippen LogP) is 3.33. The molecule has 3 N–H and O–H groups in total. The average molecular weight is 559 g/mol. The largest absolute Gasteiger partial charge is 0.473 e. The zero-order valence-corrected chi connectivity index (χ0v) is 22.9. The summed E-state index contributed by atoms with van der Waals surface area (Å²) in [5.74, 6) is -3.81. The number of ether oxygens (including phenoxy) is 2. The van der Waals surface area contributed by atoms with Gasteiger partial charge >= 0.3 is 11.9 Å². The van der Waals surface area contributed by atoms with Crippen LogP contribution in [0.4, 0.5) is 0 Å². The molecule has 0 saturated carbocycles. The highest BCUT2D eigenvalue weighted by molar-refractivity contribution is 6.27. The Morgan fingerprint density at radius 2 is 1.74 bits per heavy atom. The van der Waals surface area contributed by atoms with Crippen molar-refractivity contribution >= 4 is 35.0 Å². The molecule has 0 aromatic heterocycles. The van der Waals surface area contributed by atoms with E-state index in [2.05, 4.69) is 52.7 Å². The Bertz CT molecular complexity index is 1180. The number of nitrogens with one attached hydrogen (secondary N) is 1. The number of likely N-dealkylation sites (tertiary alicyclic amines) is 1. The van der Waals surface area contributed by atoms with Crippen LogP contribution in [-0.2, 0) is 29.3 Å². The second-order valence-electron chi connectivity index (χ2n) is 9.99. The summed E-state index contributed by atoms with van der Waals surface area (Å²) in [5.41, 5.74) is 7.10. The molecule has 0 radical (unpaired) electrons. The minimum atomic E-state index is -1.82. The molecule has 210 valence electrons. The van der Waals surface area contributed by atoms with E-state index in [1.165, 1.54) is 27.8 Å². The van der Waals surface area contributed by atoms with Crippen molar-refractivity contribution < 1.29 is 34.1 Å². The van der Waals surface area contributed by atoms with E-state index in [9.17, 15) is 4.79 Å². The van der Waals surface area contributed by atoms with Gasteiger partial charge in [-0.25, -0.2) is 9.59 Å². The van der Waals surface area contributed by atoms with Crippen LogP contribution >= 0.6 is 11.6 Å². The first-order chi connectivity index (χ1) is 18.7. The second-order valence-corrected chi connectivity index (χ2v) is 10.5. The van der Waals surface area contributed by atoms with Crippen LogP contribution < -0.4 is 5.32 Å². The number of amides is 1. The number of carboxylic acids is 2. The molecule has 1 heterocycles. The normalized spacial score (nSPS) is 23.6. The number of allylic oxidation sites excluding steroid dienone is 5. The average Bonchev–Trinajstić information content (AvgIpc) is 3.41. The summed E-state index contributed by atoms with van der Waals surface area (Å²) in [7, 11) is 0. The van der Waals surface area contributed by atoms with Gasteiger partial charge in [-0.1, -0.05) is 42.5 Å². The fourth-order valence-electron chi connectivity index (χ4n) is 6.01. The number of hydrogen-bond acceptors (Lipinski definition) is 6. The number of benzene rings is 1. The van der Waals surface area contributed by atoms with E-state index in [0.29, 0.717) is 13.2 Å². The molecule has 5 rings (SSSR count). The predicted molar refractivity (Wildman–Crippen MR) is 146 cm³/mol. The topological polar surface area (TPSA) is 125 Å². The lowest BCUT2D eigenvalue weighted by Crippen LogP contribution is -2.51. The van der Waals surface area contributed by atoms with E-state index in [1.807, 2.05) is 13.8 Å². The first-order valence-electron chi connectivity index (χ1n) is 13.3. The quantitative estimate of drug-likeness (QED) is 0.252. The van der Waals surface area contributed by atoms with Crippen LogP contribution in [-0.4, -0.2) is 83.5 Å². The number of fused-ring (bicyclic) bond motifs is 7. The maximum Gasteiger partial charge on any atom is 0.414 e. The number of halogens is 1. The van der Waals surface area contributed by atoms with Crippen molar-refractivity contribution in [2.45, 2.75) is 56.2 Å². The third-order valence-corrected chi connectivity index (χ3v) is 7.88. The van der Waals surface area contributed by atoms with Gasteiger partial charge in [0.1, 0.15) is 0 Å². The Hall–Kier alpha value is -2.98. The standard InChI is InChI=1S/C27H33ClN2O3.C2H2O4/c1-3-32-26(33-4-2)25(31)29-19-11-13-30(14-12-19)17-27-16-22(20-7-5-6-8-23(20)27)21-10-9-18(28)15-24(21)27;3-1(4)2(5)6/h5-10,15,18-19,26H,3-4,11-14,16-17H2,1-2H3,(H,29,31);(H,3,4)(H,5,6)/t18?,27-;/m0./s1. The molecule has 1 aliphatic heterocycles. The van der Waals surface area contributed by atoms with Gasteiger partial charge < -0.3 is 29.9 Å². The van der Waals surface area contributed by atoms with Crippen LogP contribution in [0.3, 0.4) is 0 Å². The van der Waals surface area contributed by atoms with Gasteiger partial charge in [-0.2, -0.15) is 0 Å². The lowest BCUT2D eigenvalue weighted by Gasteiger charge is -2.41. The maximum atomic E-state index is 12.6. The number of carboxylic acid groups (broad SMARTS) is 2. The number of rotatable bonds is 8. The Morgan fingerprint density at radius 3 is 2.36 bits per heavy atom. The Balaban J connectivity index is 0.000000531. The summed E-state index contributed by atoms with van der Waals surface area (Å²) in [4.78, 5) is 33.3. The van der Waals surface area contributed by atoms with Gasteiger partial charge in [0.25, 0.3) is 5.91 Å². The molecule has 1 aromatic carbocycles. The van der Waals surface area contributed by atoms with Crippen LogP contribution in [0.1, 0.15) is 44.2 Å². The number of aliphatic carboxylic acids is 2. The van der Waals surface area contributed by atoms with Crippen LogP contribution in [0.5, 0.6) is 0 Å². The van der Waals surface area contributed by atoms with Gasteiger partial charge in [0.05, 0.1) is 5.38 Å². The van der Waals surface area contributed by atoms with Crippen molar-refractivity contribution in [2.24, 2.45) is 0 Å². The van der Waals surface area contributed by atoms with Crippen molar-refractivity contribution in [1.29, 1.82) is 0 Å². The summed E-state index contributed by atoms with van der Waals surface area (Å²) in [6.07, 6.45) is 8.68. The second kappa shape index (κ2) is 12.5. The van der Waals surface area contributed by atoms with E-state index in [-0.39, 0.29) is 22.7 Å². The van der Waals surface area contributed by atoms with Gasteiger partial charge in [-0.05, 0) is 61.0 Å². The van der Waals surface area contributed by atoms with Crippen molar-refractivity contribution in [1.82, 2.24) is 10.2 Å². The van der Waals surface area contributed by atoms with Crippen LogP contribution in [0.25, 0.3) is 5.57 Å². The first kappa shape index (κ1) is 29.0. The highest BCUT2D eigenvalue weighted by Crippen LogP contribution is 2.60. The third-order valence-electron chi connectivity index (χ3n) is 7.61. The van der Waals surface area contributed by atoms with Crippen LogP contribution in [0.15, 0.2) is 53.6 Å². The van der Waals surface area contributed by atoms with E-state index in [4.69, 9.17) is 40.9 Å². The highest BCUT2D eigenvalue weighted by Gasteiger charge is 2.52. The summed E-state index contributed by atoms with van der Waals surface area (Å²) in [6.45, 7) is 7.55. The molecule has 39 heavy (non-hydrogen) atoms. The van der Waals surface area contributed by atoms with Gasteiger partial charge in [0.15, 0.2) is 0 Å².